The highest BCUT2D eigenvalue weighted by Crippen LogP contribution is 2.27. The van der Waals surface area contributed by atoms with Crippen molar-refractivity contribution in [2.75, 3.05) is 12.8 Å². The zero-order valence-electron chi connectivity index (χ0n) is 10.9. The van der Waals surface area contributed by atoms with Crippen LogP contribution in [-0.2, 0) is 10.0 Å². The van der Waals surface area contributed by atoms with Crippen LogP contribution in [0.4, 0.5) is 18.9 Å². The second kappa shape index (κ2) is 5.88. The highest BCUT2D eigenvalue weighted by Gasteiger charge is 2.32. The minimum atomic E-state index is -4.45. The van der Waals surface area contributed by atoms with Crippen LogP contribution in [0.15, 0.2) is 23.1 Å². The lowest BCUT2D eigenvalue weighted by atomic mass is 10.2. The van der Waals surface area contributed by atoms with Gasteiger partial charge >= 0.3 is 6.18 Å². The van der Waals surface area contributed by atoms with Gasteiger partial charge in [-0.05, 0) is 19.1 Å². The number of nitrogens with one attached hydrogen (secondary N) is 1. The number of rotatable bonds is 5. The van der Waals surface area contributed by atoms with E-state index in [1.807, 2.05) is 4.72 Å². The third kappa shape index (κ3) is 4.57. The number of hydrogen-bond donors (Lipinski definition) is 2. The zero-order valence-corrected chi connectivity index (χ0v) is 11.7. The lowest BCUT2D eigenvalue weighted by Crippen LogP contribution is -2.36. The highest BCUT2D eigenvalue weighted by molar-refractivity contribution is 7.89. The van der Waals surface area contributed by atoms with E-state index in [2.05, 4.69) is 0 Å². The third-order valence-electron chi connectivity index (χ3n) is 2.37. The first-order valence-corrected chi connectivity index (χ1v) is 7.06. The van der Waals surface area contributed by atoms with Crippen LogP contribution >= 0.6 is 0 Å². The number of alkyl halides is 3. The zero-order chi connectivity index (χ0) is 15.6. The second-order valence-corrected chi connectivity index (χ2v) is 5.93. The van der Waals surface area contributed by atoms with Crippen molar-refractivity contribution in [2.45, 2.75) is 30.5 Å². The molecule has 0 aromatic heterocycles. The second-order valence-electron chi connectivity index (χ2n) is 4.25. The van der Waals surface area contributed by atoms with Gasteiger partial charge in [0, 0.05) is 17.8 Å². The standard InChI is InChI=1S/C11H15F3N2O3S/c1-7(6-11(12,13)14)16-20(17,18)10-4-3-8(15)5-9(10)19-2/h3-5,7,16H,6,15H2,1-2H3. The molecule has 0 fully saturated rings. The Hall–Kier alpha value is -1.48. The number of methoxy groups -OCH3 is 1. The summed E-state index contributed by atoms with van der Waals surface area (Å²) in [5, 5.41) is 0. The molecule has 1 rings (SSSR count). The van der Waals surface area contributed by atoms with Crippen molar-refractivity contribution in [2.24, 2.45) is 0 Å². The topological polar surface area (TPSA) is 81.4 Å². The van der Waals surface area contributed by atoms with Crippen molar-refractivity contribution >= 4 is 15.7 Å². The van der Waals surface area contributed by atoms with Crippen LogP contribution in [0.2, 0.25) is 0 Å². The Balaban J connectivity index is 3.00. The third-order valence-corrected chi connectivity index (χ3v) is 4.00. The predicted molar refractivity (Wildman–Crippen MR) is 67.9 cm³/mol. The minimum absolute atomic E-state index is 0.0308. The van der Waals surface area contributed by atoms with Crippen LogP contribution in [0, 0.1) is 0 Å². The number of ether oxygens (including phenoxy) is 1. The van der Waals surface area contributed by atoms with Gasteiger partial charge in [0.15, 0.2) is 0 Å². The van der Waals surface area contributed by atoms with E-state index in [0.29, 0.717) is 0 Å². The molecule has 0 heterocycles. The normalized spacial score (nSPS) is 14.1. The van der Waals surface area contributed by atoms with Gasteiger partial charge in [0.05, 0.1) is 13.5 Å². The lowest BCUT2D eigenvalue weighted by molar-refractivity contribution is -0.137. The van der Waals surface area contributed by atoms with Gasteiger partial charge in [0.1, 0.15) is 10.6 Å². The molecular formula is C11H15F3N2O3S. The maximum absolute atomic E-state index is 12.2. The van der Waals surface area contributed by atoms with Crippen LogP contribution in [0.1, 0.15) is 13.3 Å². The van der Waals surface area contributed by atoms with E-state index in [1.54, 1.807) is 0 Å². The van der Waals surface area contributed by atoms with Gasteiger partial charge in [-0.25, -0.2) is 13.1 Å². The van der Waals surface area contributed by atoms with Crippen LogP contribution in [0.25, 0.3) is 0 Å². The number of halogens is 3. The fourth-order valence-corrected chi connectivity index (χ4v) is 3.02. The molecule has 1 aromatic rings. The summed E-state index contributed by atoms with van der Waals surface area (Å²) in [7, 11) is -2.88. The molecule has 1 unspecified atom stereocenters. The number of sulfonamides is 1. The molecule has 20 heavy (non-hydrogen) atoms. The largest absolute Gasteiger partial charge is 0.495 e. The molecule has 5 nitrogen and oxygen atoms in total. The number of hydrogen-bond acceptors (Lipinski definition) is 4. The lowest BCUT2D eigenvalue weighted by Gasteiger charge is -2.17. The minimum Gasteiger partial charge on any atom is -0.495 e. The van der Waals surface area contributed by atoms with Gasteiger partial charge in [-0.1, -0.05) is 0 Å². The molecule has 0 amide bonds. The molecule has 0 saturated carbocycles. The number of benzene rings is 1. The van der Waals surface area contributed by atoms with E-state index in [4.69, 9.17) is 10.5 Å². The Morgan fingerprint density at radius 2 is 2.00 bits per heavy atom. The van der Waals surface area contributed by atoms with Crippen molar-refractivity contribution in [3.05, 3.63) is 18.2 Å². The molecular weight excluding hydrogens is 297 g/mol. The quantitative estimate of drug-likeness (QED) is 0.814. The summed E-state index contributed by atoms with van der Waals surface area (Å²) < 4.78 is 67.5. The van der Waals surface area contributed by atoms with Crippen LogP contribution in [-0.4, -0.2) is 27.7 Å². The van der Waals surface area contributed by atoms with Gasteiger partial charge in [-0.3, -0.25) is 0 Å². The molecule has 0 bridgehead atoms. The predicted octanol–water partition coefficient (Wildman–Crippen LogP) is 1.90. The Labute approximate surface area is 115 Å². The maximum Gasteiger partial charge on any atom is 0.390 e. The molecule has 0 aliphatic heterocycles. The van der Waals surface area contributed by atoms with E-state index in [1.165, 1.54) is 25.3 Å². The first kappa shape index (κ1) is 16.6. The molecule has 0 aliphatic rings. The summed E-state index contributed by atoms with van der Waals surface area (Å²) in [6.07, 6.45) is -5.71. The Morgan fingerprint density at radius 1 is 1.40 bits per heavy atom. The molecule has 0 saturated heterocycles. The van der Waals surface area contributed by atoms with Gasteiger partial charge in [0.25, 0.3) is 0 Å². The highest BCUT2D eigenvalue weighted by atomic mass is 32.2. The SMILES string of the molecule is COc1cc(N)ccc1S(=O)(=O)NC(C)CC(F)(F)F. The molecule has 114 valence electrons. The van der Waals surface area contributed by atoms with Crippen molar-refractivity contribution in [3.8, 4) is 5.75 Å². The summed E-state index contributed by atoms with van der Waals surface area (Å²) >= 11 is 0. The van der Waals surface area contributed by atoms with Crippen molar-refractivity contribution in [1.82, 2.24) is 4.72 Å². The fraction of sp³-hybridized carbons (Fsp3) is 0.455. The summed E-state index contributed by atoms with van der Waals surface area (Å²) in [4.78, 5) is -0.261. The Kier molecular flexibility index (Phi) is 4.87. The van der Waals surface area contributed by atoms with Gasteiger partial charge < -0.3 is 10.5 Å². The smallest absolute Gasteiger partial charge is 0.390 e. The van der Waals surface area contributed by atoms with E-state index in [0.717, 1.165) is 6.92 Å². The van der Waals surface area contributed by atoms with Crippen molar-refractivity contribution in [1.29, 1.82) is 0 Å². The number of nitrogen functional groups attached to an aromatic ring is 1. The van der Waals surface area contributed by atoms with Crippen molar-refractivity contribution in [3.63, 3.8) is 0 Å². The Bertz CT molecular complexity index is 573. The van der Waals surface area contributed by atoms with Gasteiger partial charge in [-0.15, -0.1) is 0 Å². The van der Waals surface area contributed by atoms with Gasteiger partial charge in [-0.2, -0.15) is 13.2 Å². The van der Waals surface area contributed by atoms with E-state index >= 15 is 0 Å². The number of nitrogens with two attached hydrogens (primary N) is 1. The van der Waals surface area contributed by atoms with E-state index < -0.39 is 28.7 Å². The summed E-state index contributed by atoms with van der Waals surface area (Å²) in [6, 6.07) is 2.49. The molecule has 9 heteroatoms. The molecule has 3 N–H and O–H groups in total. The monoisotopic (exact) mass is 312 g/mol. The fourth-order valence-electron chi connectivity index (χ4n) is 1.62. The average molecular weight is 312 g/mol. The molecule has 1 aromatic carbocycles. The van der Waals surface area contributed by atoms with E-state index in [9.17, 15) is 21.6 Å². The molecule has 0 radical (unpaired) electrons. The van der Waals surface area contributed by atoms with Crippen LogP contribution in [0.5, 0.6) is 5.75 Å². The van der Waals surface area contributed by atoms with Gasteiger partial charge in [0.2, 0.25) is 10.0 Å². The molecule has 0 spiro atoms. The summed E-state index contributed by atoms with van der Waals surface area (Å²) in [6.45, 7) is 1.13. The maximum atomic E-state index is 12.2. The summed E-state index contributed by atoms with van der Waals surface area (Å²) in [5.74, 6) is -0.0308. The molecule has 1 atom stereocenters. The van der Waals surface area contributed by atoms with Crippen molar-refractivity contribution < 1.29 is 26.3 Å². The van der Waals surface area contributed by atoms with E-state index in [-0.39, 0.29) is 16.3 Å². The average Bonchev–Trinajstić information content (AvgIpc) is 2.24. The van der Waals surface area contributed by atoms with Crippen LogP contribution < -0.4 is 15.2 Å². The first-order chi connectivity index (χ1) is 9.05. The number of anilines is 1. The van der Waals surface area contributed by atoms with Crippen LogP contribution in [0.3, 0.4) is 0 Å². The molecule has 0 aliphatic carbocycles. The Morgan fingerprint density at radius 3 is 2.50 bits per heavy atom. The summed E-state index contributed by atoms with van der Waals surface area (Å²) in [5.41, 5.74) is 5.77. The first-order valence-electron chi connectivity index (χ1n) is 5.58.